The second kappa shape index (κ2) is 5.83. The van der Waals surface area contributed by atoms with Gasteiger partial charge < -0.3 is 10.3 Å². The van der Waals surface area contributed by atoms with Crippen molar-refractivity contribution in [1.29, 1.82) is 0 Å². The van der Waals surface area contributed by atoms with Gasteiger partial charge >= 0.3 is 0 Å². The van der Waals surface area contributed by atoms with Gasteiger partial charge in [0.1, 0.15) is 15.6 Å². The van der Waals surface area contributed by atoms with Crippen LogP contribution in [0.2, 0.25) is 0 Å². The summed E-state index contributed by atoms with van der Waals surface area (Å²) in [6.45, 7) is 2.92. The fraction of sp³-hybridized carbons (Fsp3) is 0.250. The normalized spacial score (nSPS) is 10.8. The van der Waals surface area contributed by atoms with Gasteiger partial charge in [0.15, 0.2) is 5.65 Å². The van der Waals surface area contributed by atoms with Crippen molar-refractivity contribution in [2.75, 3.05) is 11.9 Å². The maximum absolute atomic E-state index is 4.51. The molecule has 0 spiro atoms. The average Bonchev–Trinajstić information content (AvgIpc) is 2.95. The second-order valence-electron chi connectivity index (χ2n) is 4.03. The van der Waals surface area contributed by atoms with E-state index in [0.29, 0.717) is 11.6 Å². The number of nitrogens with zero attached hydrogens (tertiary/aromatic N) is 5. The van der Waals surface area contributed by atoms with Gasteiger partial charge in [-0.3, -0.25) is 4.98 Å². The van der Waals surface area contributed by atoms with E-state index in [4.69, 9.17) is 0 Å². The lowest BCUT2D eigenvalue weighted by Gasteiger charge is -2.05. The monoisotopic (exact) mass is 287 g/mol. The molecule has 0 unspecified atom stereocenters. The molecule has 3 rings (SSSR count). The molecule has 3 heterocycles. The van der Waals surface area contributed by atoms with Crippen LogP contribution in [0, 0.1) is 0 Å². The van der Waals surface area contributed by atoms with Crippen molar-refractivity contribution in [2.24, 2.45) is 0 Å². The Labute approximate surface area is 119 Å². The molecule has 20 heavy (non-hydrogen) atoms. The van der Waals surface area contributed by atoms with Crippen LogP contribution in [0.4, 0.5) is 5.95 Å². The quantitative estimate of drug-likeness (QED) is 0.694. The van der Waals surface area contributed by atoms with Crippen LogP contribution in [0.3, 0.4) is 0 Å². The number of imidazole rings is 1. The highest BCUT2D eigenvalue weighted by molar-refractivity contribution is 7.99. The topological polar surface area (TPSA) is 92.3 Å². The number of aromatic nitrogens is 6. The maximum Gasteiger partial charge on any atom is 0.225 e. The van der Waals surface area contributed by atoms with E-state index in [-0.39, 0.29) is 0 Å². The Hall–Kier alpha value is -2.22. The number of H-pyrrole nitrogens is 1. The first-order chi connectivity index (χ1) is 9.86. The lowest BCUT2D eigenvalue weighted by atomic mass is 10.5. The number of rotatable bonds is 5. The van der Waals surface area contributed by atoms with Crippen molar-refractivity contribution < 1.29 is 0 Å². The molecule has 0 aliphatic rings. The molecule has 0 aliphatic carbocycles. The minimum atomic E-state index is 0.581. The molecule has 0 aromatic carbocycles. The second-order valence-corrected chi connectivity index (χ2v) is 5.04. The summed E-state index contributed by atoms with van der Waals surface area (Å²) in [5.74, 6) is 0.581. The van der Waals surface area contributed by atoms with Crippen LogP contribution in [0.1, 0.15) is 13.3 Å². The molecule has 0 saturated heterocycles. The number of fused-ring (bicyclic) bond motifs is 1. The summed E-state index contributed by atoms with van der Waals surface area (Å²) in [6, 6.07) is 0. The number of aromatic amines is 1. The van der Waals surface area contributed by atoms with Gasteiger partial charge in [-0.1, -0.05) is 6.92 Å². The van der Waals surface area contributed by atoms with Crippen LogP contribution in [0.25, 0.3) is 11.2 Å². The molecular formula is C12H13N7S. The van der Waals surface area contributed by atoms with Crippen LogP contribution < -0.4 is 5.32 Å². The van der Waals surface area contributed by atoms with Crippen molar-refractivity contribution in [3.05, 3.63) is 24.9 Å². The van der Waals surface area contributed by atoms with Crippen molar-refractivity contribution in [1.82, 2.24) is 29.9 Å². The molecule has 0 bridgehead atoms. The summed E-state index contributed by atoms with van der Waals surface area (Å²) >= 11 is 1.43. The fourth-order valence-electron chi connectivity index (χ4n) is 1.63. The van der Waals surface area contributed by atoms with Crippen molar-refractivity contribution in [2.45, 2.75) is 23.4 Å². The molecule has 3 aromatic heterocycles. The first kappa shape index (κ1) is 12.8. The van der Waals surface area contributed by atoms with Gasteiger partial charge in [-0.25, -0.2) is 15.0 Å². The molecule has 102 valence electrons. The summed E-state index contributed by atoms with van der Waals surface area (Å²) in [5.41, 5.74) is 1.45. The molecule has 2 N–H and O–H groups in total. The molecule has 0 saturated carbocycles. The molecule has 0 fully saturated rings. The highest BCUT2D eigenvalue weighted by Gasteiger charge is 2.11. The molecule has 0 amide bonds. The Morgan fingerprint density at radius 1 is 1.25 bits per heavy atom. The number of nitrogens with one attached hydrogen (secondary N) is 2. The highest BCUT2D eigenvalue weighted by Crippen LogP contribution is 2.29. The van der Waals surface area contributed by atoms with E-state index in [0.717, 1.165) is 28.5 Å². The molecule has 8 heteroatoms. The van der Waals surface area contributed by atoms with Gasteiger partial charge in [0.05, 0.1) is 12.5 Å². The zero-order valence-corrected chi connectivity index (χ0v) is 11.7. The van der Waals surface area contributed by atoms with Gasteiger partial charge in [-0.2, -0.15) is 4.98 Å². The predicted molar refractivity (Wildman–Crippen MR) is 76.6 cm³/mol. The van der Waals surface area contributed by atoms with Crippen LogP contribution >= 0.6 is 11.8 Å². The summed E-state index contributed by atoms with van der Waals surface area (Å²) < 4.78 is 0. The molecule has 0 radical (unpaired) electrons. The third-order valence-electron chi connectivity index (χ3n) is 2.53. The number of anilines is 1. The van der Waals surface area contributed by atoms with E-state index in [9.17, 15) is 0 Å². The highest BCUT2D eigenvalue weighted by atomic mass is 32.2. The Morgan fingerprint density at radius 2 is 2.20 bits per heavy atom. The fourth-order valence-corrected chi connectivity index (χ4v) is 2.44. The van der Waals surface area contributed by atoms with E-state index < -0.39 is 0 Å². The minimum Gasteiger partial charge on any atom is -0.354 e. The number of hydrogen-bond donors (Lipinski definition) is 2. The SMILES string of the molecule is CCCNc1nc(Sc2cnccn2)c2[nH]cnc2n1. The van der Waals surface area contributed by atoms with E-state index >= 15 is 0 Å². The van der Waals surface area contributed by atoms with Crippen LogP contribution in [-0.4, -0.2) is 36.4 Å². The molecule has 7 nitrogen and oxygen atoms in total. The molecule has 0 atom stereocenters. The summed E-state index contributed by atoms with van der Waals surface area (Å²) in [6.07, 6.45) is 7.63. The summed E-state index contributed by atoms with van der Waals surface area (Å²) in [4.78, 5) is 24.4. The third kappa shape index (κ3) is 2.69. The van der Waals surface area contributed by atoms with Crippen molar-refractivity contribution in [3.8, 4) is 0 Å². The largest absolute Gasteiger partial charge is 0.354 e. The van der Waals surface area contributed by atoms with E-state index in [2.05, 4.69) is 42.1 Å². The average molecular weight is 287 g/mol. The van der Waals surface area contributed by atoms with Gasteiger partial charge in [-0.05, 0) is 18.2 Å². The molecule has 3 aromatic rings. The third-order valence-corrected chi connectivity index (χ3v) is 3.44. The Kier molecular flexibility index (Phi) is 3.73. The maximum atomic E-state index is 4.51. The van der Waals surface area contributed by atoms with Gasteiger partial charge in [0.2, 0.25) is 5.95 Å². The van der Waals surface area contributed by atoms with Crippen LogP contribution in [-0.2, 0) is 0 Å². The lowest BCUT2D eigenvalue weighted by Crippen LogP contribution is -2.05. The van der Waals surface area contributed by atoms with Gasteiger partial charge in [0, 0.05) is 18.9 Å². The van der Waals surface area contributed by atoms with Gasteiger partial charge in [0.25, 0.3) is 0 Å². The Balaban J connectivity index is 1.97. The van der Waals surface area contributed by atoms with Gasteiger partial charge in [-0.15, -0.1) is 0 Å². The summed E-state index contributed by atoms with van der Waals surface area (Å²) in [7, 11) is 0. The Morgan fingerprint density at radius 3 is 3.00 bits per heavy atom. The van der Waals surface area contributed by atoms with E-state index in [1.54, 1.807) is 24.9 Å². The molecular weight excluding hydrogens is 274 g/mol. The van der Waals surface area contributed by atoms with E-state index in [1.807, 2.05) is 0 Å². The molecule has 0 aliphatic heterocycles. The zero-order chi connectivity index (χ0) is 13.8. The van der Waals surface area contributed by atoms with E-state index in [1.165, 1.54) is 11.8 Å². The first-order valence-electron chi connectivity index (χ1n) is 6.25. The Bertz CT molecular complexity index is 697. The standard InChI is InChI=1S/C12H13N7S/c1-2-3-15-12-18-10-9(16-7-17-10)11(19-12)20-8-6-13-4-5-14-8/h4-7H,2-3H2,1H3,(H2,15,16,17,18,19). The summed E-state index contributed by atoms with van der Waals surface area (Å²) in [5, 5.41) is 4.74. The van der Waals surface area contributed by atoms with Crippen molar-refractivity contribution >= 4 is 28.9 Å². The lowest BCUT2D eigenvalue weighted by molar-refractivity contribution is 0.942. The van der Waals surface area contributed by atoms with Crippen LogP contribution in [0.5, 0.6) is 0 Å². The zero-order valence-electron chi connectivity index (χ0n) is 10.9. The minimum absolute atomic E-state index is 0.581. The predicted octanol–water partition coefficient (Wildman–Crippen LogP) is 2.12. The van der Waals surface area contributed by atoms with Crippen LogP contribution in [0.15, 0.2) is 35.0 Å². The number of hydrogen-bond acceptors (Lipinski definition) is 7. The van der Waals surface area contributed by atoms with Crippen molar-refractivity contribution in [3.63, 3.8) is 0 Å². The first-order valence-corrected chi connectivity index (χ1v) is 7.07. The smallest absolute Gasteiger partial charge is 0.225 e.